The van der Waals surface area contributed by atoms with Crippen molar-refractivity contribution >= 4 is 17.1 Å². The van der Waals surface area contributed by atoms with Crippen molar-refractivity contribution in [2.24, 2.45) is 10.2 Å². The molecule has 0 amide bonds. The number of benzene rings is 2. The Morgan fingerprint density at radius 2 is 1.50 bits per heavy atom. The van der Waals surface area contributed by atoms with Crippen LogP contribution in [0.15, 0.2) is 58.8 Å². The molecule has 2 aromatic carbocycles. The highest BCUT2D eigenvalue weighted by Crippen LogP contribution is 2.20. The summed E-state index contributed by atoms with van der Waals surface area (Å²) in [5.74, 6) is 0. The first kappa shape index (κ1) is 10.4. The van der Waals surface area contributed by atoms with Crippen LogP contribution in [0.1, 0.15) is 5.56 Å². The van der Waals surface area contributed by atoms with Gasteiger partial charge in [0.25, 0.3) is 0 Å². The molecule has 80 valence electrons. The van der Waals surface area contributed by atoms with Gasteiger partial charge >= 0.3 is 0 Å². The van der Waals surface area contributed by atoms with E-state index < -0.39 is 0 Å². The third-order valence-corrected chi connectivity index (χ3v) is 2.15. The van der Waals surface area contributed by atoms with Crippen LogP contribution in [0.4, 0.5) is 17.1 Å². The van der Waals surface area contributed by atoms with Crippen LogP contribution < -0.4 is 5.73 Å². The Hall–Kier alpha value is -2.16. The Kier molecular flexibility index (Phi) is 2.96. The first-order chi connectivity index (χ1) is 7.74. The second-order valence-corrected chi connectivity index (χ2v) is 3.63. The van der Waals surface area contributed by atoms with E-state index in [-0.39, 0.29) is 0 Å². The van der Waals surface area contributed by atoms with E-state index in [1.807, 2.05) is 49.4 Å². The minimum Gasteiger partial charge on any atom is -0.399 e. The van der Waals surface area contributed by atoms with E-state index in [0.717, 1.165) is 11.4 Å². The van der Waals surface area contributed by atoms with E-state index >= 15 is 0 Å². The Labute approximate surface area is 94.6 Å². The predicted octanol–water partition coefficient (Wildman–Crippen LogP) is 3.99. The van der Waals surface area contributed by atoms with Gasteiger partial charge in [-0.3, -0.25) is 0 Å². The molecular weight excluding hydrogens is 198 g/mol. The molecule has 0 aliphatic carbocycles. The van der Waals surface area contributed by atoms with Crippen molar-refractivity contribution in [3.8, 4) is 0 Å². The van der Waals surface area contributed by atoms with Gasteiger partial charge in [-0.1, -0.05) is 18.2 Å². The van der Waals surface area contributed by atoms with Crippen LogP contribution in [0, 0.1) is 6.92 Å². The fourth-order valence-corrected chi connectivity index (χ4v) is 1.39. The Morgan fingerprint density at radius 1 is 0.875 bits per heavy atom. The van der Waals surface area contributed by atoms with Crippen LogP contribution in [0.25, 0.3) is 0 Å². The zero-order valence-electron chi connectivity index (χ0n) is 9.09. The summed E-state index contributed by atoms with van der Waals surface area (Å²) < 4.78 is 0. The molecule has 0 aliphatic heterocycles. The number of hydrogen-bond donors (Lipinski definition) is 1. The number of aryl methyl sites for hydroxylation is 1. The van der Waals surface area contributed by atoms with Gasteiger partial charge in [-0.25, -0.2) is 0 Å². The summed E-state index contributed by atoms with van der Waals surface area (Å²) in [6.45, 7) is 2.03. The molecule has 0 aliphatic rings. The molecule has 0 heterocycles. The largest absolute Gasteiger partial charge is 0.399 e. The van der Waals surface area contributed by atoms with Gasteiger partial charge in [0.1, 0.15) is 0 Å². The summed E-state index contributed by atoms with van der Waals surface area (Å²) in [6, 6.07) is 15.2. The molecule has 0 atom stereocenters. The first-order valence-corrected chi connectivity index (χ1v) is 5.08. The lowest BCUT2D eigenvalue weighted by Crippen LogP contribution is -1.80. The van der Waals surface area contributed by atoms with E-state index in [1.165, 1.54) is 5.56 Å². The lowest BCUT2D eigenvalue weighted by atomic mass is 10.2. The maximum atomic E-state index is 5.65. The van der Waals surface area contributed by atoms with E-state index in [2.05, 4.69) is 10.2 Å². The van der Waals surface area contributed by atoms with E-state index in [0.29, 0.717) is 5.69 Å². The predicted molar refractivity (Wildman–Crippen MR) is 66.2 cm³/mol. The Bertz CT molecular complexity index is 471. The molecule has 0 saturated heterocycles. The van der Waals surface area contributed by atoms with Gasteiger partial charge in [-0.15, -0.1) is 0 Å². The number of azo groups is 1. The second-order valence-electron chi connectivity index (χ2n) is 3.63. The van der Waals surface area contributed by atoms with Gasteiger partial charge in [0.05, 0.1) is 11.4 Å². The van der Waals surface area contributed by atoms with Gasteiger partial charge < -0.3 is 5.73 Å². The fourth-order valence-electron chi connectivity index (χ4n) is 1.39. The van der Waals surface area contributed by atoms with Crippen molar-refractivity contribution < 1.29 is 0 Å². The second kappa shape index (κ2) is 4.57. The van der Waals surface area contributed by atoms with Crippen LogP contribution in [0.3, 0.4) is 0 Å². The first-order valence-electron chi connectivity index (χ1n) is 5.08. The molecule has 3 nitrogen and oxygen atoms in total. The van der Waals surface area contributed by atoms with E-state index in [9.17, 15) is 0 Å². The molecule has 16 heavy (non-hydrogen) atoms. The molecule has 0 fully saturated rings. The van der Waals surface area contributed by atoms with Crippen molar-refractivity contribution in [3.05, 3.63) is 54.1 Å². The number of nitrogen functional groups attached to an aromatic ring is 1. The Balaban J connectivity index is 2.21. The van der Waals surface area contributed by atoms with Crippen molar-refractivity contribution in [1.29, 1.82) is 0 Å². The van der Waals surface area contributed by atoms with Crippen LogP contribution in [-0.2, 0) is 0 Å². The van der Waals surface area contributed by atoms with Gasteiger partial charge in [-0.05, 0) is 42.8 Å². The van der Waals surface area contributed by atoms with Gasteiger partial charge in [0.15, 0.2) is 0 Å². The van der Waals surface area contributed by atoms with E-state index in [4.69, 9.17) is 5.73 Å². The van der Waals surface area contributed by atoms with Crippen molar-refractivity contribution in [2.45, 2.75) is 6.92 Å². The molecule has 0 radical (unpaired) electrons. The van der Waals surface area contributed by atoms with Gasteiger partial charge in [0.2, 0.25) is 0 Å². The molecule has 0 saturated carbocycles. The summed E-state index contributed by atoms with van der Waals surface area (Å²) in [7, 11) is 0. The SMILES string of the molecule is Cc1cccc(N=Nc2cccc(N)c2)c1. The molecule has 2 N–H and O–H groups in total. The molecule has 0 bridgehead atoms. The quantitative estimate of drug-likeness (QED) is 0.592. The number of nitrogens with zero attached hydrogens (tertiary/aromatic N) is 2. The monoisotopic (exact) mass is 211 g/mol. The molecular formula is C13H13N3. The van der Waals surface area contributed by atoms with Crippen molar-refractivity contribution in [2.75, 3.05) is 5.73 Å². The number of rotatable bonds is 2. The molecule has 2 rings (SSSR count). The maximum Gasteiger partial charge on any atom is 0.0877 e. The summed E-state index contributed by atoms with van der Waals surface area (Å²) in [4.78, 5) is 0. The van der Waals surface area contributed by atoms with Crippen molar-refractivity contribution in [3.63, 3.8) is 0 Å². The minimum atomic E-state index is 0.695. The third-order valence-electron chi connectivity index (χ3n) is 2.15. The summed E-state index contributed by atoms with van der Waals surface area (Å²) >= 11 is 0. The lowest BCUT2D eigenvalue weighted by molar-refractivity contribution is 1.22. The summed E-state index contributed by atoms with van der Waals surface area (Å²) in [6.07, 6.45) is 0. The average Bonchev–Trinajstić information content (AvgIpc) is 2.27. The number of hydrogen-bond acceptors (Lipinski definition) is 3. The highest BCUT2D eigenvalue weighted by Gasteiger charge is 1.92. The normalized spacial score (nSPS) is 10.8. The average molecular weight is 211 g/mol. The Morgan fingerprint density at radius 3 is 2.12 bits per heavy atom. The fraction of sp³-hybridized carbons (Fsp3) is 0.0769. The smallest absolute Gasteiger partial charge is 0.0877 e. The maximum absolute atomic E-state index is 5.65. The van der Waals surface area contributed by atoms with Crippen LogP contribution in [-0.4, -0.2) is 0 Å². The molecule has 3 heteroatoms. The summed E-state index contributed by atoms with van der Waals surface area (Å²) in [5, 5.41) is 8.27. The number of nitrogens with two attached hydrogens (primary N) is 1. The minimum absolute atomic E-state index is 0.695. The standard InChI is InChI=1S/C13H13N3/c1-10-4-2-6-12(8-10)15-16-13-7-3-5-11(14)9-13/h2-9H,14H2,1H3. The van der Waals surface area contributed by atoms with Crippen molar-refractivity contribution in [1.82, 2.24) is 0 Å². The highest BCUT2D eigenvalue weighted by molar-refractivity contribution is 5.50. The molecule has 0 aromatic heterocycles. The zero-order valence-corrected chi connectivity index (χ0v) is 9.09. The molecule has 0 unspecified atom stereocenters. The van der Waals surface area contributed by atoms with Gasteiger partial charge in [0, 0.05) is 5.69 Å². The van der Waals surface area contributed by atoms with Gasteiger partial charge in [-0.2, -0.15) is 10.2 Å². The van der Waals surface area contributed by atoms with Crippen LogP contribution in [0.2, 0.25) is 0 Å². The van der Waals surface area contributed by atoms with Crippen LogP contribution in [0.5, 0.6) is 0 Å². The van der Waals surface area contributed by atoms with E-state index in [1.54, 1.807) is 6.07 Å². The topological polar surface area (TPSA) is 50.7 Å². The van der Waals surface area contributed by atoms with Crippen LogP contribution >= 0.6 is 0 Å². The lowest BCUT2D eigenvalue weighted by Gasteiger charge is -1.96. The molecule has 0 spiro atoms. The summed E-state index contributed by atoms with van der Waals surface area (Å²) in [5.41, 5.74) is 9.13. The highest BCUT2D eigenvalue weighted by atomic mass is 15.1. The zero-order chi connectivity index (χ0) is 11.4. The number of anilines is 1. The molecule has 2 aromatic rings. The third kappa shape index (κ3) is 2.67.